The molecule has 10 nitrogen and oxygen atoms in total. The van der Waals surface area contributed by atoms with Crippen molar-refractivity contribution in [1.82, 2.24) is 10.6 Å². The van der Waals surface area contributed by atoms with Crippen LogP contribution in [-0.4, -0.2) is 62.1 Å². The normalized spacial score (nSPS) is 12.3. The van der Waals surface area contributed by atoms with E-state index in [4.69, 9.17) is 9.47 Å². The molecule has 0 aliphatic rings. The lowest BCUT2D eigenvalue weighted by Gasteiger charge is -2.18. The van der Waals surface area contributed by atoms with Gasteiger partial charge < -0.3 is 31.6 Å². The molecule has 0 aromatic rings. The van der Waals surface area contributed by atoms with Crippen LogP contribution in [0.25, 0.3) is 0 Å². The van der Waals surface area contributed by atoms with Crippen molar-refractivity contribution in [3.05, 3.63) is 0 Å². The Bertz CT molecular complexity index is 967. The molecule has 0 spiro atoms. The minimum atomic E-state index is -0.875. The number of nitrogens with one attached hydrogen (secondary N) is 2. The van der Waals surface area contributed by atoms with Crippen LogP contribution in [0.15, 0.2) is 0 Å². The molecule has 0 aliphatic heterocycles. The second kappa shape index (κ2) is 45.3. The van der Waals surface area contributed by atoms with Gasteiger partial charge in [-0.3, -0.25) is 14.4 Å². The van der Waals surface area contributed by atoms with Crippen molar-refractivity contribution in [3.8, 4) is 0 Å². The van der Waals surface area contributed by atoms with Crippen molar-refractivity contribution >= 4 is 23.8 Å². The molecule has 0 saturated heterocycles. The number of unbranched alkanes of at least 4 members (excludes halogenated alkanes) is 29. The Morgan fingerprint density at radius 1 is 0.475 bits per heavy atom. The number of amides is 2. The van der Waals surface area contributed by atoms with E-state index in [-0.39, 0.29) is 43.1 Å². The van der Waals surface area contributed by atoms with E-state index in [0.717, 1.165) is 77.2 Å². The molecule has 2 unspecified atom stereocenters. The highest BCUT2D eigenvalue weighted by atomic mass is 16.5. The highest BCUT2D eigenvalue weighted by Crippen LogP contribution is 2.15. The molecule has 0 fully saturated rings. The quantitative estimate of drug-likeness (QED) is 0.0352. The SMILES string of the molecule is CCCCCCCCCCCCCCCCOC(=O)CCC(NC(=O)CCCCCNC(=O)C([NH3+])CCCC[NH3+])C(=O)OCCCCCCCCCCCCCCCC. The van der Waals surface area contributed by atoms with Crippen LogP contribution in [0.1, 0.15) is 251 Å². The average molecular weight is 839 g/mol. The Morgan fingerprint density at radius 2 is 0.898 bits per heavy atom. The molecule has 0 aromatic heterocycles. The van der Waals surface area contributed by atoms with Crippen molar-refractivity contribution in [3.63, 3.8) is 0 Å². The number of hydrogen-bond donors (Lipinski definition) is 4. The van der Waals surface area contributed by atoms with Gasteiger partial charge in [0.15, 0.2) is 6.04 Å². The Labute approximate surface area is 363 Å². The molecule has 0 aliphatic carbocycles. The number of esters is 2. The van der Waals surface area contributed by atoms with E-state index >= 15 is 0 Å². The highest BCUT2D eigenvalue weighted by Gasteiger charge is 2.24. The van der Waals surface area contributed by atoms with Gasteiger partial charge in [0.25, 0.3) is 5.91 Å². The van der Waals surface area contributed by atoms with Crippen LogP contribution >= 0.6 is 0 Å². The molecule has 8 N–H and O–H groups in total. The minimum Gasteiger partial charge on any atom is -0.466 e. The van der Waals surface area contributed by atoms with Crippen LogP contribution in [0.2, 0.25) is 0 Å². The summed E-state index contributed by atoms with van der Waals surface area (Å²) in [6.45, 7) is 6.67. The van der Waals surface area contributed by atoms with Gasteiger partial charge in [-0.1, -0.05) is 187 Å². The molecule has 0 bridgehead atoms. The standard InChI is InChI=1S/C49H96N4O6/c1-3-5-7-9-11-13-15-17-19-21-23-25-27-34-42-58-47(55)39-38-45(53-46(54)37-30-29-33-41-52-48(56)44(51)36-31-32-40-50)49(57)59-43-35-28-26-24-22-20-18-16-14-12-10-8-6-4-2/h44-45H,3-43,50-51H2,1-2H3,(H,52,56)(H,53,54)/p+2. The molecule has 348 valence electrons. The number of rotatable bonds is 46. The monoisotopic (exact) mass is 839 g/mol. The second-order valence-corrected chi connectivity index (χ2v) is 17.4. The molecule has 0 radical (unpaired) electrons. The Morgan fingerprint density at radius 3 is 1.36 bits per heavy atom. The molecular formula is C49H98N4O6+2. The lowest BCUT2D eigenvalue weighted by Crippen LogP contribution is -2.67. The first-order chi connectivity index (χ1) is 28.8. The molecule has 0 rings (SSSR count). The van der Waals surface area contributed by atoms with E-state index in [2.05, 4.69) is 35.9 Å². The topological polar surface area (TPSA) is 166 Å². The molecular weight excluding hydrogens is 741 g/mol. The van der Waals surface area contributed by atoms with E-state index in [1.54, 1.807) is 0 Å². The fraction of sp³-hybridized carbons (Fsp3) is 0.918. The van der Waals surface area contributed by atoms with Gasteiger partial charge in [0, 0.05) is 25.8 Å². The summed E-state index contributed by atoms with van der Waals surface area (Å²) in [7, 11) is 0. The summed E-state index contributed by atoms with van der Waals surface area (Å²) in [5.41, 5.74) is 7.81. The molecule has 59 heavy (non-hydrogen) atoms. The largest absolute Gasteiger partial charge is 0.466 e. The van der Waals surface area contributed by atoms with Crippen LogP contribution < -0.4 is 22.1 Å². The predicted molar refractivity (Wildman–Crippen MR) is 243 cm³/mol. The second-order valence-electron chi connectivity index (χ2n) is 17.4. The molecule has 2 amide bonds. The lowest BCUT2D eigenvalue weighted by molar-refractivity contribution is -0.406. The summed E-state index contributed by atoms with van der Waals surface area (Å²) in [5.74, 6) is -1.08. The van der Waals surface area contributed by atoms with Gasteiger partial charge in [-0.15, -0.1) is 0 Å². The first kappa shape index (κ1) is 56.8. The summed E-state index contributed by atoms with van der Waals surface area (Å²) >= 11 is 0. The minimum absolute atomic E-state index is 0.0274. The third-order valence-corrected chi connectivity index (χ3v) is 11.6. The number of quaternary nitrogens is 2. The van der Waals surface area contributed by atoms with Crippen LogP contribution in [0, 0.1) is 0 Å². The number of ether oxygens (including phenoxy) is 2. The first-order valence-corrected chi connectivity index (χ1v) is 25.4. The molecule has 10 heteroatoms. The Hall–Kier alpha value is -2.20. The van der Waals surface area contributed by atoms with Gasteiger partial charge in [-0.05, 0) is 44.9 Å². The summed E-state index contributed by atoms with van der Waals surface area (Å²) in [6.07, 6.45) is 40.8. The highest BCUT2D eigenvalue weighted by molar-refractivity contribution is 5.85. The van der Waals surface area contributed by atoms with Crippen molar-refractivity contribution < 1.29 is 40.1 Å². The van der Waals surface area contributed by atoms with Crippen LogP contribution in [0.5, 0.6) is 0 Å². The van der Waals surface area contributed by atoms with E-state index in [1.165, 1.54) is 141 Å². The van der Waals surface area contributed by atoms with E-state index in [1.807, 2.05) is 0 Å². The zero-order valence-corrected chi connectivity index (χ0v) is 39.0. The van der Waals surface area contributed by atoms with Gasteiger partial charge in [-0.2, -0.15) is 0 Å². The first-order valence-electron chi connectivity index (χ1n) is 25.4. The van der Waals surface area contributed by atoms with Gasteiger partial charge in [0.1, 0.15) is 6.04 Å². The maximum absolute atomic E-state index is 13.1. The Balaban J connectivity index is 4.42. The molecule has 0 saturated carbocycles. The van der Waals surface area contributed by atoms with Crippen molar-refractivity contribution in [2.24, 2.45) is 0 Å². The molecule has 0 heterocycles. The van der Waals surface area contributed by atoms with Crippen molar-refractivity contribution in [2.75, 3.05) is 26.3 Å². The predicted octanol–water partition coefficient (Wildman–Crippen LogP) is 10.00. The lowest BCUT2D eigenvalue weighted by atomic mass is 10.0. The van der Waals surface area contributed by atoms with E-state index < -0.39 is 12.0 Å². The number of carbonyl (C=O) groups excluding carboxylic acids is 4. The summed E-state index contributed by atoms with van der Waals surface area (Å²) in [5, 5.41) is 5.79. The summed E-state index contributed by atoms with van der Waals surface area (Å²) in [6, 6.07) is -1.13. The van der Waals surface area contributed by atoms with Gasteiger partial charge in [0.2, 0.25) is 5.91 Å². The summed E-state index contributed by atoms with van der Waals surface area (Å²) < 4.78 is 11.1. The van der Waals surface area contributed by atoms with Gasteiger partial charge in [-0.25, -0.2) is 4.79 Å². The van der Waals surface area contributed by atoms with Gasteiger partial charge in [0.05, 0.1) is 19.8 Å². The maximum Gasteiger partial charge on any atom is 0.328 e. The molecule has 0 aromatic carbocycles. The third-order valence-electron chi connectivity index (χ3n) is 11.6. The van der Waals surface area contributed by atoms with Crippen molar-refractivity contribution in [2.45, 2.75) is 264 Å². The average Bonchev–Trinajstić information content (AvgIpc) is 3.23. The van der Waals surface area contributed by atoms with Crippen molar-refractivity contribution in [1.29, 1.82) is 0 Å². The van der Waals surface area contributed by atoms with E-state index in [0.29, 0.717) is 26.2 Å². The third kappa shape index (κ3) is 41.0. The number of hydrogen-bond acceptors (Lipinski definition) is 6. The van der Waals surface area contributed by atoms with Crippen LogP contribution in [-0.2, 0) is 28.7 Å². The molecule has 2 atom stereocenters. The summed E-state index contributed by atoms with van der Waals surface area (Å²) in [4.78, 5) is 50.8. The Kier molecular flexibility index (Phi) is 43.6. The van der Waals surface area contributed by atoms with Gasteiger partial charge >= 0.3 is 11.9 Å². The smallest absolute Gasteiger partial charge is 0.328 e. The van der Waals surface area contributed by atoms with Crippen LogP contribution in [0.4, 0.5) is 0 Å². The zero-order valence-electron chi connectivity index (χ0n) is 39.0. The van der Waals surface area contributed by atoms with E-state index in [9.17, 15) is 19.2 Å². The zero-order chi connectivity index (χ0) is 43.3. The van der Waals surface area contributed by atoms with Crippen LogP contribution in [0.3, 0.4) is 0 Å². The number of carbonyl (C=O) groups is 4. The fourth-order valence-corrected chi connectivity index (χ4v) is 7.54. The fourth-order valence-electron chi connectivity index (χ4n) is 7.54. The maximum atomic E-state index is 13.1.